The van der Waals surface area contributed by atoms with Gasteiger partial charge in [-0.25, -0.2) is 0 Å². The third-order valence-corrected chi connectivity index (χ3v) is 5.99. The maximum absolute atomic E-state index is 6.48. The summed E-state index contributed by atoms with van der Waals surface area (Å²) in [5.41, 5.74) is 3.04. The van der Waals surface area contributed by atoms with Gasteiger partial charge in [-0.15, -0.1) is 0 Å². The zero-order chi connectivity index (χ0) is 18.1. The Kier molecular flexibility index (Phi) is 4.85. The minimum atomic E-state index is -0.0657. The summed E-state index contributed by atoms with van der Waals surface area (Å²) < 4.78 is 12.0. The normalized spacial score (nSPS) is 18.1. The number of rotatable bonds is 3. The second-order valence-electron chi connectivity index (χ2n) is 7.04. The van der Waals surface area contributed by atoms with E-state index in [2.05, 4.69) is 17.1 Å². The quantitative estimate of drug-likeness (QED) is 0.625. The summed E-state index contributed by atoms with van der Waals surface area (Å²) in [5, 5.41) is 1.08. The number of benzene rings is 1. The van der Waals surface area contributed by atoms with Crippen molar-refractivity contribution in [1.29, 1.82) is 0 Å². The largest absolute Gasteiger partial charge is 0.493 e. The first kappa shape index (κ1) is 17.7. The Morgan fingerprint density at radius 1 is 1.08 bits per heavy atom. The molecule has 26 heavy (non-hydrogen) atoms. The summed E-state index contributed by atoms with van der Waals surface area (Å²) >= 11 is 12.5. The number of pyridine rings is 1. The van der Waals surface area contributed by atoms with Crippen LogP contribution in [0.15, 0.2) is 24.5 Å². The molecule has 0 radical (unpaired) electrons. The average Bonchev–Trinajstić information content (AvgIpc) is 3.00. The van der Waals surface area contributed by atoms with Gasteiger partial charge < -0.3 is 9.47 Å². The van der Waals surface area contributed by atoms with Crippen molar-refractivity contribution in [2.75, 3.05) is 7.11 Å². The fraction of sp³-hybridized carbons (Fsp3) is 0.381. The van der Waals surface area contributed by atoms with E-state index in [-0.39, 0.29) is 5.60 Å². The zero-order valence-electron chi connectivity index (χ0n) is 14.7. The van der Waals surface area contributed by atoms with Gasteiger partial charge in [0.15, 0.2) is 11.5 Å². The molecular formula is C21H21Cl2NO2. The van der Waals surface area contributed by atoms with E-state index in [1.54, 1.807) is 19.5 Å². The third-order valence-electron chi connectivity index (χ3n) is 5.38. The number of hydrogen-bond acceptors (Lipinski definition) is 3. The molecule has 3 nitrogen and oxygen atoms in total. The van der Waals surface area contributed by atoms with Crippen molar-refractivity contribution < 1.29 is 9.47 Å². The van der Waals surface area contributed by atoms with E-state index < -0.39 is 0 Å². The molecule has 0 atom stereocenters. The van der Waals surface area contributed by atoms with Gasteiger partial charge in [-0.2, -0.15) is 0 Å². The molecule has 1 saturated carbocycles. The molecule has 0 bridgehead atoms. The van der Waals surface area contributed by atoms with E-state index in [1.165, 1.54) is 24.8 Å². The van der Waals surface area contributed by atoms with Crippen LogP contribution in [0.25, 0.3) is 12.2 Å². The second kappa shape index (κ2) is 7.13. The molecule has 1 spiro atoms. The summed E-state index contributed by atoms with van der Waals surface area (Å²) in [6.07, 6.45) is 14.1. The molecule has 4 rings (SSSR count). The first-order valence-corrected chi connectivity index (χ1v) is 9.73. The third kappa shape index (κ3) is 3.19. The molecular weight excluding hydrogens is 369 g/mol. The minimum absolute atomic E-state index is 0.0657. The molecule has 0 N–H and O–H groups in total. The van der Waals surface area contributed by atoms with Gasteiger partial charge in [0.05, 0.1) is 17.2 Å². The lowest BCUT2D eigenvalue weighted by molar-refractivity contribution is 0.0507. The summed E-state index contributed by atoms with van der Waals surface area (Å²) in [5.74, 6) is 1.70. The number of aromatic nitrogens is 1. The smallest absolute Gasteiger partial charge is 0.165 e. The van der Waals surface area contributed by atoms with Crippen LogP contribution in [0.4, 0.5) is 0 Å². The molecule has 2 aromatic rings. The Balaban J connectivity index is 1.71. The Bertz CT molecular complexity index is 837. The van der Waals surface area contributed by atoms with Gasteiger partial charge in [0.25, 0.3) is 0 Å². The van der Waals surface area contributed by atoms with Crippen molar-refractivity contribution in [2.45, 2.75) is 44.1 Å². The van der Waals surface area contributed by atoms with Crippen LogP contribution in [0.5, 0.6) is 11.5 Å². The number of nitrogens with zero attached hydrogens (tertiary/aromatic N) is 1. The lowest BCUT2D eigenvalue weighted by Gasteiger charge is -2.32. The fourth-order valence-electron chi connectivity index (χ4n) is 4.04. The van der Waals surface area contributed by atoms with Crippen LogP contribution in [0.3, 0.4) is 0 Å². The van der Waals surface area contributed by atoms with Crippen molar-refractivity contribution in [3.63, 3.8) is 0 Å². The molecule has 2 aliphatic rings. The topological polar surface area (TPSA) is 31.4 Å². The minimum Gasteiger partial charge on any atom is -0.493 e. The van der Waals surface area contributed by atoms with Gasteiger partial charge in [0.2, 0.25) is 0 Å². The molecule has 5 heteroatoms. The molecule has 136 valence electrons. The average molecular weight is 390 g/mol. The summed E-state index contributed by atoms with van der Waals surface area (Å²) in [7, 11) is 1.69. The standard InChI is InChI=1S/C21H21Cl2NO2/c1-25-19-8-6-14(5-7-15-17(22)12-24-13-18(15)23)16-11-21(26-20(16)19)9-3-2-4-10-21/h5-8,12-13H,2-4,9-11H2,1H3/b7-5+. The molecule has 0 unspecified atom stereocenters. The summed E-state index contributed by atoms with van der Waals surface area (Å²) in [6.45, 7) is 0. The van der Waals surface area contributed by atoms with E-state index in [4.69, 9.17) is 32.7 Å². The Morgan fingerprint density at radius 2 is 1.81 bits per heavy atom. The predicted octanol–water partition coefficient (Wildman–Crippen LogP) is 6.21. The Labute approximate surface area is 163 Å². The maximum Gasteiger partial charge on any atom is 0.165 e. The molecule has 1 aromatic carbocycles. The highest BCUT2D eigenvalue weighted by Gasteiger charge is 2.42. The van der Waals surface area contributed by atoms with Crippen LogP contribution in [-0.4, -0.2) is 17.7 Å². The van der Waals surface area contributed by atoms with E-state index in [0.717, 1.165) is 41.9 Å². The molecule has 1 aliphatic heterocycles. The van der Waals surface area contributed by atoms with E-state index in [1.807, 2.05) is 12.1 Å². The molecule has 2 heterocycles. The number of halogens is 2. The molecule has 1 aliphatic carbocycles. The van der Waals surface area contributed by atoms with Crippen molar-refractivity contribution in [3.8, 4) is 11.5 Å². The highest BCUT2D eigenvalue weighted by atomic mass is 35.5. The van der Waals surface area contributed by atoms with Gasteiger partial charge in [-0.05, 0) is 37.3 Å². The Morgan fingerprint density at radius 3 is 2.50 bits per heavy atom. The number of hydrogen-bond donors (Lipinski definition) is 0. The fourth-order valence-corrected chi connectivity index (χ4v) is 4.53. The first-order chi connectivity index (χ1) is 12.6. The van der Waals surface area contributed by atoms with Gasteiger partial charge >= 0.3 is 0 Å². The van der Waals surface area contributed by atoms with Crippen LogP contribution < -0.4 is 9.47 Å². The maximum atomic E-state index is 6.48. The van der Waals surface area contributed by atoms with Crippen LogP contribution in [0, 0.1) is 0 Å². The highest BCUT2D eigenvalue weighted by molar-refractivity contribution is 6.37. The Hall–Kier alpha value is -1.71. The van der Waals surface area contributed by atoms with Gasteiger partial charge in [-0.1, -0.05) is 47.8 Å². The van der Waals surface area contributed by atoms with E-state index in [0.29, 0.717) is 10.0 Å². The lowest BCUT2D eigenvalue weighted by Crippen LogP contribution is -2.36. The zero-order valence-corrected chi connectivity index (χ0v) is 16.2. The van der Waals surface area contributed by atoms with Crippen LogP contribution in [-0.2, 0) is 6.42 Å². The first-order valence-electron chi connectivity index (χ1n) is 8.98. The van der Waals surface area contributed by atoms with Crippen molar-refractivity contribution in [2.24, 2.45) is 0 Å². The van der Waals surface area contributed by atoms with Crippen molar-refractivity contribution in [3.05, 3.63) is 51.3 Å². The summed E-state index contributed by atoms with van der Waals surface area (Å²) in [4.78, 5) is 4.00. The molecule has 0 saturated heterocycles. The number of methoxy groups -OCH3 is 1. The van der Waals surface area contributed by atoms with E-state index >= 15 is 0 Å². The summed E-state index contributed by atoms with van der Waals surface area (Å²) in [6, 6.07) is 4.04. The molecule has 1 fully saturated rings. The number of fused-ring (bicyclic) bond motifs is 1. The highest BCUT2D eigenvalue weighted by Crippen LogP contribution is 2.49. The van der Waals surface area contributed by atoms with Crippen LogP contribution in [0.1, 0.15) is 48.8 Å². The lowest BCUT2D eigenvalue weighted by atomic mass is 9.81. The van der Waals surface area contributed by atoms with Gasteiger partial charge in [0.1, 0.15) is 5.60 Å². The number of ether oxygens (including phenoxy) is 2. The molecule has 1 aromatic heterocycles. The van der Waals surface area contributed by atoms with Crippen molar-refractivity contribution in [1.82, 2.24) is 4.98 Å². The van der Waals surface area contributed by atoms with Crippen LogP contribution in [0.2, 0.25) is 10.0 Å². The van der Waals surface area contributed by atoms with Crippen LogP contribution >= 0.6 is 23.2 Å². The van der Waals surface area contributed by atoms with Gasteiger partial charge in [-0.3, -0.25) is 4.98 Å². The monoisotopic (exact) mass is 389 g/mol. The molecule has 0 amide bonds. The predicted molar refractivity (Wildman–Crippen MR) is 106 cm³/mol. The van der Waals surface area contributed by atoms with E-state index in [9.17, 15) is 0 Å². The van der Waals surface area contributed by atoms with Crippen molar-refractivity contribution >= 4 is 35.4 Å². The second-order valence-corrected chi connectivity index (χ2v) is 7.85. The van der Waals surface area contributed by atoms with Gasteiger partial charge in [0, 0.05) is 29.9 Å². The SMILES string of the molecule is COc1ccc(/C=C/c2c(Cl)cncc2Cl)c2c1OC1(CCCCC1)C2.